The first-order valence-electron chi connectivity index (χ1n) is 6.70. The summed E-state index contributed by atoms with van der Waals surface area (Å²) in [4.78, 5) is 25.1. The molecule has 108 valence electrons. The Hall–Kier alpha value is -1.14. The summed E-state index contributed by atoms with van der Waals surface area (Å²) in [6.45, 7) is 6.72. The molecule has 19 heavy (non-hydrogen) atoms. The molecule has 2 saturated heterocycles. The van der Waals surface area contributed by atoms with Crippen molar-refractivity contribution in [2.24, 2.45) is 11.8 Å². The maximum Gasteiger partial charge on any atom is 0.334 e. The zero-order valence-corrected chi connectivity index (χ0v) is 11.5. The van der Waals surface area contributed by atoms with Crippen molar-refractivity contribution in [3.63, 3.8) is 0 Å². The summed E-state index contributed by atoms with van der Waals surface area (Å²) in [6, 6.07) is 0. The minimum atomic E-state index is -1.02. The highest BCUT2D eigenvalue weighted by Gasteiger charge is 2.44. The number of rotatable bonds is 2. The molecule has 0 aliphatic carbocycles. The molecule has 0 radical (unpaired) electrons. The Labute approximate surface area is 112 Å². The summed E-state index contributed by atoms with van der Waals surface area (Å²) < 4.78 is 10.8. The van der Waals surface area contributed by atoms with E-state index in [1.165, 1.54) is 0 Å². The van der Waals surface area contributed by atoms with Gasteiger partial charge in [-0.2, -0.15) is 0 Å². The number of carbonyl (C=O) groups excluding carboxylic acids is 1. The van der Waals surface area contributed by atoms with Crippen molar-refractivity contribution in [3.8, 4) is 0 Å². The Kier molecular flexibility index (Phi) is 4.10. The maximum absolute atomic E-state index is 12.5. The summed E-state index contributed by atoms with van der Waals surface area (Å²) in [5.74, 6) is -1.08. The second-order valence-electron chi connectivity index (χ2n) is 5.41. The molecule has 2 rings (SSSR count). The van der Waals surface area contributed by atoms with Crippen molar-refractivity contribution < 1.29 is 24.2 Å². The van der Waals surface area contributed by atoms with Crippen molar-refractivity contribution >= 4 is 11.9 Å². The predicted molar refractivity (Wildman–Crippen MR) is 66.6 cm³/mol. The Morgan fingerprint density at radius 2 is 1.89 bits per heavy atom. The van der Waals surface area contributed by atoms with E-state index in [4.69, 9.17) is 14.6 Å². The Morgan fingerprint density at radius 1 is 1.21 bits per heavy atom. The lowest BCUT2D eigenvalue weighted by Gasteiger charge is -2.34. The van der Waals surface area contributed by atoms with Gasteiger partial charge in [-0.15, -0.1) is 0 Å². The smallest absolute Gasteiger partial charge is 0.334 e. The number of aliphatic carboxylic acids is 1. The van der Waals surface area contributed by atoms with Crippen LogP contribution in [0.3, 0.4) is 0 Å². The highest BCUT2D eigenvalue weighted by atomic mass is 16.5. The minimum absolute atomic E-state index is 0.0149. The number of carboxylic acids is 1. The predicted octanol–water partition coefficient (Wildman–Crippen LogP) is 0.358. The van der Waals surface area contributed by atoms with E-state index in [1.54, 1.807) is 4.90 Å². The summed E-state index contributed by atoms with van der Waals surface area (Å²) >= 11 is 0. The molecule has 0 aromatic heterocycles. The normalized spacial score (nSPS) is 39.3. The van der Waals surface area contributed by atoms with E-state index in [-0.39, 0.29) is 43.1 Å². The van der Waals surface area contributed by atoms with Gasteiger partial charge in [-0.1, -0.05) is 6.92 Å². The number of ether oxygens (including phenoxy) is 2. The molecular weight excluding hydrogens is 250 g/mol. The van der Waals surface area contributed by atoms with Crippen molar-refractivity contribution in [3.05, 3.63) is 0 Å². The van der Waals surface area contributed by atoms with Crippen LogP contribution in [0.2, 0.25) is 0 Å². The fourth-order valence-electron chi connectivity index (χ4n) is 2.90. The summed E-state index contributed by atoms with van der Waals surface area (Å²) in [7, 11) is 0. The van der Waals surface area contributed by atoms with Crippen molar-refractivity contribution in [2.45, 2.75) is 39.1 Å². The molecule has 2 fully saturated rings. The van der Waals surface area contributed by atoms with Crippen LogP contribution >= 0.6 is 0 Å². The largest absolute Gasteiger partial charge is 0.479 e. The molecule has 6 nitrogen and oxygen atoms in total. The number of morpholine rings is 1. The van der Waals surface area contributed by atoms with Gasteiger partial charge in [-0.25, -0.2) is 4.79 Å². The van der Waals surface area contributed by atoms with Gasteiger partial charge in [-0.3, -0.25) is 4.79 Å². The molecule has 0 aromatic rings. The summed E-state index contributed by atoms with van der Waals surface area (Å²) in [5, 5.41) is 8.96. The highest BCUT2D eigenvalue weighted by Crippen LogP contribution is 2.33. The third kappa shape index (κ3) is 2.74. The second kappa shape index (κ2) is 5.46. The number of hydrogen-bond donors (Lipinski definition) is 1. The van der Waals surface area contributed by atoms with Crippen LogP contribution in [0.1, 0.15) is 20.8 Å². The molecule has 0 bridgehead atoms. The minimum Gasteiger partial charge on any atom is -0.479 e. The van der Waals surface area contributed by atoms with Crippen LogP contribution in [-0.4, -0.2) is 59.9 Å². The van der Waals surface area contributed by atoms with Gasteiger partial charge in [0.15, 0.2) is 6.10 Å². The molecule has 2 aliphatic rings. The standard InChI is InChI=1S/C13H21NO5/c1-7-8(2)19-9(3)11(7)12(15)14-4-5-18-10(6-14)13(16)17/h7-11H,4-6H2,1-3H3,(H,16,17). The van der Waals surface area contributed by atoms with Crippen LogP contribution < -0.4 is 0 Å². The second-order valence-corrected chi connectivity index (χ2v) is 5.41. The van der Waals surface area contributed by atoms with E-state index >= 15 is 0 Å². The van der Waals surface area contributed by atoms with Gasteiger partial charge in [0.25, 0.3) is 0 Å². The lowest BCUT2D eigenvalue weighted by atomic mass is 9.88. The number of nitrogens with zero attached hydrogens (tertiary/aromatic N) is 1. The zero-order chi connectivity index (χ0) is 14.2. The van der Waals surface area contributed by atoms with E-state index < -0.39 is 12.1 Å². The lowest BCUT2D eigenvalue weighted by molar-refractivity contribution is -0.161. The van der Waals surface area contributed by atoms with Gasteiger partial charge >= 0.3 is 5.97 Å². The van der Waals surface area contributed by atoms with Crippen molar-refractivity contribution in [1.29, 1.82) is 0 Å². The lowest BCUT2D eigenvalue weighted by Crippen LogP contribution is -2.51. The van der Waals surface area contributed by atoms with E-state index in [0.29, 0.717) is 6.54 Å². The first-order chi connectivity index (χ1) is 8.91. The van der Waals surface area contributed by atoms with Crippen molar-refractivity contribution in [1.82, 2.24) is 4.90 Å². The molecule has 1 N–H and O–H groups in total. The summed E-state index contributed by atoms with van der Waals surface area (Å²) in [5.41, 5.74) is 0. The SMILES string of the molecule is CC1OC(C)C(C(=O)N2CCOC(C(=O)O)C2)C1C. The number of hydrogen-bond acceptors (Lipinski definition) is 4. The molecular formula is C13H21NO5. The molecule has 0 spiro atoms. The monoisotopic (exact) mass is 271 g/mol. The van der Waals surface area contributed by atoms with Gasteiger partial charge in [0.05, 0.1) is 31.3 Å². The van der Waals surface area contributed by atoms with Gasteiger partial charge in [-0.05, 0) is 19.8 Å². The molecule has 2 aliphatic heterocycles. The number of carbonyl (C=O) groups is 2. The average Bonchev–Trinajstić information content (AvgIpc) is 2.62. The maximum atomic E-state index is 12.5. The quantitative estimate of drug-likeness (QED) is 0.784. The van der Waals surface area contributed by atoms with Gasteiger partial charge < -0.3 is 19.5 Å². The Bertz CT molecular complexity index is 372. The molecule has 6 heteroatoms. The molecule has 5 atom stereocenters. The average molecular weight is 271 g/mol. The van der Waals surface area contributed by atoms with Gasteiger partial charge in [0.2, 0.25) is 5.91 Å². The Morgan fingerprint density at radius 3 is 2.42 bits per heavy atom. The molecule has 0 saturated carbocycles. The first kappa shape index (κ1) is 14.3. The molecule has 1 amide bonds. The van der Waals surface area contributed by atoms with Crippen LogP contribution in [0.15, 0.2) is 0 Å². The number of amides is 1. The van der Waals surface area contributed by atoms with E-state index in [2.05, 4.69) is 0 Å². The third-order valence-electron chi connectivity index (χ3n) is 4.18. The van der Waals surface area contributed by atoms with E-state index in [9.17, 15) is 9.59 Å². The third-order valence-corrected chi connectivity index (χ3v) is 4.18. The fraction of sp³-hybridized carbons (Fsp3) is 0.846. The molecule has 5 unspecified atom stereocenters. The summed E-state index contributed by atoms with van der Waals surface area (Å²) in [6.07, 6.45) is -0.980. The Balaban J connectivity index is 2.05. The van der Waals surface area contributed by atoms with Crippen LogP contribution in [0.5, 0.6) is 0 Å². The van der Waals surface area contributed by atoms with Crippen LogP contribution in [0, 0.1) is 11.8 Å². The van der Waals surface area contributed by atoms with E-state index in [1.807, 2.05) is 20.8 Å². The first-order valence-corrected chi connectivity index (χ1v) is 6.70. The molecule has 2 heterocycles. The van der Waals surface area contributed by atoms with Crippen LogP contribution in [0.25, 0.3) is 0 Å². The van der Waals surface area contributed by atoms with Gasteiger partial charge in [0, 0.05) is 6.54 Å². The highest BCUT2D eigenvalue weighted by molar-refractivity contribution is 5.81. The van der Waals surface area contributed by atoms with Crippen LogP contribution in [-0.2, 0) is 19.1 Å². The van der Waals surface area contributed by atoms with E-state index in [0.717, 1.165) is 0 Å². The van der Waals surface area contributed by atoms with Crippen molar-refractivity contribution in [2.75, 3.05) is 19.7 Å². The fourth-order valence-corrected chi connectivity index (χ4v) is 2.90. The zero-order valence-electron chi connectivity index (χ0n) is 11.5. The number of carboxylic acid groups (broad SMARTS) is 1. The molecule has 0 aromatic carbocycles. The van der Waals surface area contributed by atoms with Crippen LogP contribution in [0.4, 0.5) is 0 Å². The topological polar surface area (TPSA) is 76.1 Å². The van der Waals surface area contributed by atoms with Gasteiger partial charge in [0.1, 0.15) is 0 Å².